The van der Waals surface area contributed by atoms with Gasteiger partial charge in [-0.2, -0.15) is 0 Å². The van der Waals surface area contributed by atoms with Crippen molar-refractivity contribution in [2.45, 2.75) is 11.1 Å². The quantitative estimate of drug-likeness (QED) is 0.598. The molecule has 134 valence electrons. The van der Waals surface area contributed by atoms with Crippen LogP contribution in [-0.2, 0) is 19.5 Å². The van der Waals surface area contributed by atoms with E-state index in [0.29, 0.717) is 11.3 Å². The fourth-order valence-corrected chi connectivity index (χ4v) is 4.84. The highest BCUT2D eigenvalue weighted by molar-refractivity contribution is 7.94. The molecule has 2 rings (SSSR count). The van der Waals surface area contributed by atoms with Crippen molar-refractivity contribution in [1.82, 2.24) is 0 Å². The molecule has 2 aromatic rings. The van der Waals surface area contributed by atoms with E-state index in [0.717, 1.165) is 14.2 Å². The molecule has 0 aliphatic rings. The second kappa shape index (κ2) is 7.11. The molecule has 0 aliphatic carbocycles. The zero-order valence-electron chi connectivity index (χ0n) is 13.5. The molecule has 8 nitrogen and oxygen atoms in total. The number of nitrogens with one attached hydrogen (secondary N) is 1. The number of methoxy groups -OCH3 is 2. The number of anilines is 1. The molecule has 0 aliphatic heterocycles. The van der Waals surface area contributed by atoms with Crippen LogP contribution in [0.1, 0.15) is 25.6 Å². The van der Waals surface area contributed by atoms with Crippen molar-refractivity contribution in [1.29, 1.82) is 0 Å². The van der Waals surface area contributed by atoms with Crippen LogP contribution in [0.15, 0.2) is 28.5 Å². The van der Waals surface area contributed by atoms with Crippen LogP contribution in [0.3, 0.4) is 0 Å². The van der Waals surface area contributed by atoms with Gasteiger partial charge in [0.2, 0.25) is 0 Å². The summed E-state index contributed by atoms with van der Waals surface area (Å²) >= 11 is 0.617. The van der Waals surface area contributed by atoms with Gasteiger partial charge in [-0.25, -0.2) is 18.0 Å². The molecule has 0 fully saturated rings. The molecular formula is C15H15NO7S2. The third-order valence-electron chi connectivity index (χ3n) is 3.24. The van der Waals surface area contributed by atoms with Gasteiger partial charge in [0.05, 0.1) is 19.8 Å². The minimum atomic E-state index is -4.18. The number of carbonyl (C=O) groups is 2. The SMILES string of the molecule is COC(=O)c1sc(S(=O)(=O)Nc2ccc(O)cc2)c(C(=O)OC)c1C. The third-order valence-corrected chi connectivity index (χ3v) is 6.41. The summed E-state index contributed by atoms with van der Waals surface area (Å²) in [5, 5.41) is 9.26. The Hall–Kier alpha value is -2.59. The Morgan fingerprint density at radius 3 is 2.16 bits per heavy atom. The van der Waals surface area contributed by atoms with Gasteiger partial charge in [-0.15, -0.1) is 11.3 Å². The zero-order chi connectivity index (χ0) is 18.8. The number of rotatable bonds is 5. The maximum absolute atomic E-state index is 12.7. The molecule has 0 amide bonds. The number of aromatic hydroxyl groups is 1. The topological polar surface area (TPSA) is 119 Å². The van der Waals surface area contributed by atoms with Crippen molar-refractivity contribution in [2.24, 2.45) is 0 Å². The number of ether oxygens (including phenoxy) is 2. The first kappa shape index (κ1) is 18.7. The Morgan fingerprint density at radius 2 is 1.64 bits per heavy atom. The Bertz CT molecular complexity index is 914. The fourth-order valence-electron chi connectivity index (χ4n) is 2.03. The highest BCUT2D eigenvalue weighted by Gasteiger charge is 2.32. The molecule has 0 saturated carbocycles. The number of benzene rings is 1. The Kier molecular flexibility index (Phi) is 5.33. The van der Waals surface area contributed by atoms with E-state index in [9.17, 15) is 23.1 Å². The van der Waals surface area contributed by atoms with Gasteiger partial charge in [-0.1, -0.05) is 0 Å². The van der Waals surface area contributed by atoms with E-state index in [1.807, 2.05) is 0 Å². The van der Waals surface area contributed by atoms with E-state index >= 15 is 0 Å². The Morgan fingerprint density at radius 1 is 1.08 bits per heavy atom. The van der Waals surface area contributed by atoms with E-state index in [1.54, 1.807) is 0 Å². The number of thiophene rings is 1. The molecule has 1 aromatic carbocycles. The van der Waals surface area contributed by atoms with Crippen molar-refractivity contribution in [3.05, 3.63) is 40.3 Å². The summed E-state index contributed by atoms with van der Waals surface area (Å²) in [4.78, 5) is 23.9. The number of carbonyl (C=O) groups excluding carboxylic acids is 2. The highest BCUT2D eigenvalue weighted by atomic mass is 32.2. The average Bonchev–Trinajstić information content (AvgIpc) is 2.93. The van der Waals surface area contributed by atoms with Gasteiger partial charge in [0.25, 0.3) is 10.0 Å². The zero-order valence-corrected chi connectivity index (χ0v) is 15.2. The van der Waals surface area contributed by atoms with Crippen LogP contribution in [0.25, 0.3) is 0 Å². The van der Waals surface area contributed by atoms with Crippen LogP contribution in [0, 0.1) is 6.92 Å². The van der Waals surface area contributed by atoms with E-state index in [1.165, 1.54) is 31.2 Å². The van der Waals surface area contributed by atoms with E-state index in [4.69, 9.17) is 0 Å². The number of hydrogen-bond donors (Lipinski definition) is 2. The summed E-state index contributed by atoms with van der Waals surface area (Å²) in [6.45, 7) is 1.44. The van der Waals surface area contributed by atoms with E-state index in [2.05, 4.69) is 14.2 Å². The molecule has 1 aromatic heterocycles. The van der Waals surface area contributed by atoms with Gasteiger partial charge >= 0.3 is 11.9 Å². The molecule has 2 N–H and O–H groups in total. The Labute approximate surface area is 148 Å². The number of esters is 2. The summed E-state index contributed by atoms with van der Waals surface area (Å²) in [6.07, 6.45) is 0. The van der Waals surface area contributed by atoms with Gasteiger partial charge in [0.15, 0.2) is 4.21 Å². The molecule has 0 saturated heterocycles. The lowest BCUT2D eigenvalue weighted by atomic mass is 10.2. The van der Waals surface area contributed by atoms with Crippen LogP contribution < -0.4 is 4.72 Å². The van der Waals surface area contributed by atoms with Gasteiger partial charge in [0.1, 0.15) is 10.6 Å². The van der Waals surface area contributed by atoms with Gasteiger partial charge in [-0.3, -0.25) is 4.72 Å². The van der Waals surface area contributed by atoms with Crippen molar-refractivity contribution in [3.63, 3.8) is 0 Å². The second-order valence-corrected chi connectivity index (χ2v) is 7.75. The number of phenolic OH excluding ortho intramolecular Hbond substituents is 1. The number of hydrogen-bond acceptors (Lipinski definition) is 8. The van der Waals surface area contributed by atoms with Crippen molar-refractivity contribution < 1.29 is 32.6 Å². The molecule has 0 unspecified atom stereocenters. The van der Waals surface area contributed by atoms with Gasteiger partial charge in [0, 0.05) is 5.69 Å². The summed E-state index contributed by atoms with van der Waals surface area (Å²) < 4.78 is 36.6. The maximum atomic E-state index is 12.7. The molecule has 10 heteroatoms. The third kappa shape index (κ3) is 3.74. The van der Waals surface area contributed by atoms with Crippen LogP contribution in [0.5, 0.6) is 5.75 Å². The maximum Gasteiger partial charge on any atom is 0.348 e. The smallest absolute Gasteiger partial charge is 0.348 e. The lowest BCUT2D eigenvalue weighted by molar-refractivity contribution is 0.0596. The normalized spacial score (nSPS) is 11.0. The predicted octanol–water partition coefficient (Wildman–Crippen LogP) is 2.14. The van der Waals surface area contributed by atoms with E-state index < -0.39 is 22.0 Å². The molecular weight excluding hydrogens is 370 g/mol. The lowest BCUT2D eigenvalue weighted by Gasteiger charge is -2.08. The largest absolute Gasteiger partial charge is 0.508 e. The second-order valence-electron chi connectivity index (χ2n) is 4.85. The highest BCUT2D eigenvalue weighted by Crippen LogP contribution is 2.34. The monoisotopic (exact) mass is 385 g/mol. The minimum Gasteiger partial charge on any atom is -0.508 e. The number of phenols is 1. The van der Waals surface area contributed by atoms with Crippen LogP contribution in [0.2, 0.25) is 0 Å². The first-order valence-corrected chi connectivity index (χ1v) is 9.13. The molecule has 0 radical (unpaired) electrons. The van der Waals surface area contributed by atoms with Crippen LogP contribution in [-0.4, -0.2) is 39.7 Å². The molecule has 0 spiro atoms. The molecule has 1 heterocycles. The first-order chi connectivity index (χ1) is 11.7. The van der Waals surface area contributed by atoms with Crippen LogP contribution in [0.4, 0.5) is 5.69 Å². The standard InChI is InChI=1S/C15H15NO7S2/c1-8-11(13(18)22-2)15(24-12(8)14(19)23-3)25(20,21)16-9-4-6-10(17)7-5-9/h4-7,16-17H,1-3H3. The summed E-state index contributed by atoms with van der Waals surface area (Å²) in [6, 6.07) is 5.32. The number of sulfonamides is 1. The fraction of sp³-hybridized carbons (Fsp3) is 0.200. The average molecular weight is 385 g/mol. The van der Waals surface area contributed by atoms with Crippen molar-refractivity contribution >= 4 is 39.0 Å². The minimum absolute atomic E-state index is 0.00557. The van der Waals surface area contributed by atoms with Gasteiger partial charge in [-0.05, 0) is 36.8 Å². The predicted molar refractivity (Wildman–Crippen MR) is 90.7 cm³/mol. The lowest BCUT2D eigenvalue weighted by Crippen LogP contribution is -2.16. The first-order valence-electron chi connectivity index (χ1n) is 6.83. The summed E-state index contributed by atoms with van der Waals surface area (Å²) in [7, 11) is -1.91. The molecule has 25 heavy (non-hydrogen) atoms. The van der Waals surface area contributed by atoms with Crippen molar-refractivity contribution in [2.75, 3.05) is 18.9 Å². The summed E-state index contributed by atoms with van der Waals surface area (Å²) in [5.41, 5.74) is 0.119. The van der Waals surface area contributed by atoms with Crippen LogP contribution >= 0.6 is 11.3 Å². The van der Waals surface area contributed by atoms with E-state index in [-0.39, 0.29) is 31.7 Å². The van der Waals surface area contributed by atoms with Gasteiger partial charge < -0.3 is 14.6 Å². The summed E-state index contributed by atoms with van der Waals surface area (Å²) in [5.74, 6) is -1.66. The molecule has 0 bridgehead atoms. The molecule has 0 atom stereocenters. The van der Waals surface area contributed by atoms with Crippen molar-refractivity contribution in [3.8, 4) is 5.75 Å². The Balaban J connectivity index is 2.57.